The van der Waals surface area contributed by atoms with Crippen LogP contribution in [0.3, 0.4) is 0 Å². The zero-order valence-electron chi connectivity index (χ0n) is 10.9. The topological polar surface area (TPSA) is 67.6 Å². The second kappa shape index (κ2) is 6.23. The van der Waals surface area contributed by atoms with Gasteiger partial charge >= 0.3 is 0 Å². The summed E-state index contributed by atoms with van der Waals surface area (Å²) in [5.41, 5.74) is 7.40. The fraction of sp³-hybridized carbons (Fsp3) is 0.462. The first-order valence-corrected chi connectivity index (χ1v) is 6.59. The number of benzene rings is 1. The fourth-order valence-corrected chi connectivity index (χ4v) is 2.50. The largest absolute Gasteiger partial charge is 0.377 e. The zero-order chi connectivity index (χ0) is 13.8. The Kier molecular flexibility index (Phi) is 4.63. The van der Waals surface area contributed by atoms with E-state index in [4.69, 9.17) is 22.1 Å². The number of morpholine rings is 1. The molecule has 2 rings (SSSR count). The minimum Gasteiger partial charge on any atom is -0.377 e. The lowest BCUT2D eigenvalue weighted by Crippen LogP contribution is -2.53. The van der Waals surface area contributed by atoms with Crippen LogP contribution in [0.1, 0.15) is 5.56 Å². The molecule has 1 saturated heterocycles. The number of anilines is 1. The van der Waals surface area contributed by atoms with Crippen molar-refractivity contribution in [1.29, 1.82) is 0 Å². The van der Waals surface area contributed by atoms with Gasteiger partial charge in [0.15, 0.2) is 0 Å². The molecule has 0 bridgehead atoms. The van der Waals surface area contributed by atoms with E-state index in [9.17, 15) is 4.79 Å². The number of carbonyl (C=O) groups excluding carboxylic acids is 1. The van der Waals surface area contributed by atoms with Gasteiger partial charge in [-0.15, -0.1) is 0 Å². The van der Waals surface area contributed by atoms with E-state index in [0.29, 0.717) is 31.3 Å². The summed E-state index contributed by atoms with van der Waals surface area (Å²) in [4.78, 5) is 13.9. The number of amides is 1. The minimum absolute atomic E-state index is 0.0707. The molecular weight excluding hydrogens is 266 g/mol. The summed E-state index contributed by atoms with van der Waals surface area (Å²) >= 11 is 6.28. The highest BCUT2D eigenvalue weighted by atomic mass is 35.5. The van der Waals surface area contributed by atoms with Crippen LogP contribution < -0.4 is 16.0 Å². The first-order valence-electron chi connectivity index (χ1n) is 6.22. The number of nitrogens with zero attached hydrogens (tertiary/aromatic N) is 1. The molecule has 1 unspecified atom stereocenters. The van der Waals surface area contributed by atoms with Crippen LogP contribution in [0, 0.1) is 0 Å². The molecule has 19 heavy (non-hydrogen) atoms. The maximum Gasteiger partial charge on any atom is 0.244 e. The summed E-state index contributed by atoms with van der Waals surface area (Å²) < 4.78 is 5.38. The van der Waals surface area contributed by atoms with Crippen molar-refractivity contribution < 1.29 is 9.53 Å². The number of hydrogen-bond donors (Lipinski definition) is 2. The third kappa shape index (κ3) is 3.00. The number of nitrogens with two attached hydrogens (primary N) is 1. The molecule has 104 valence electrons. The molecule has 1 fully saturated rings. The van der Waals surface area contributed by atoms with Gasteiger partial charge in [-0.2, -0.15) is 0 Å². The van der Waals surface area contributed by atoms with Gasteiger partial charge in [0.25, 0.3) is 0 Å². The second-order valence-corrected chi connectivity index (χ2v) is 4.80. The highest BCUT2D eigenvalue weighted by Crippen LogP contribution is 2.29. The standard InChI is InChI=1S/C13H18ClN3O2/c1-16-13(18)12-8-19-5-4-17(12)11-3-2-9(7-15)6-10(11)14/h2-3,6,12H,4-5,7-8,15H2,1H3,(H,16,18). The number of likely N-dealkylation sites (N-methyl/N-ethyl adjacent to an activating group) is 1. The van der Waals surface area contributed by atoms with Gasteiger partial charge in [0.05, 0.1) is 23.9 Å². The molecule has 6 heteroatoms. The van der Waals surface area contributed by atoms with E-state index in [0.717, 1.165) is 11.3 Å². The van der Waals surface area contributed by atoms with Crippen LogP contribution in [0.4, 0.5) is 5.69 Å². The van der Waals surface area contributed by atoms with E-state index in [1.54, 1.807) is 7.05 Å². The van der Waals surface area contributed by atoms with Crippen LogP contribution in [0.5, 0.6) is 0 Å². The van der Waals surface area contributed by atoms with Crippen molar-refractivity contribution in [3.8, 4) is 0 Å². The number of hydrogen-bond acceptors (Lipinski definition) is 4. The molecule has 1 aliphatic rings. The number of carbonyl (C=O) groups is 1. The molecule has 1 atom stereocenters. The summed E-state index contributed by atoms with van der Waals surface area (Å²) in [7, 11) is 1.62. The Morgan fingerprint density at radius 1 is 1.63 bits per heavy atom. The van der Waals surface area contributed by atoms with Crippen LogP contribution >= 0.6 is 11.6 Å². The van der Waals surface area contributed by atoms with Crippen molar-refractivity contribution >= 4 is 23.2 Å². The summed E-state index contributed by atoms with van der Waals surface area (Å²) in [5.74, 6) is -0.0707. The van der Waals surface area contributed by atoms with Gasteiger partial charge in [0.1, 0.15) is 6.04 Å². The number of ether oxygens (including phenoxy) is 1. The fourth-order valence-electron chi connectivity index (χ4n) is 2.19. The molecule has 0 saturated carbocycles. The maximum atomic E-state index is 11.9. The van der Waals surface area contributed by atoms with Crippen LogP contribution in [0.15, 0.2) is 18.2 Å². The number of rotatable bonds is 3. The van der Waals surface area contributed by atoms with E-state index in [2.05, 4.69) is 5.32 Å². The predicted octanol–water partition coefficient (Wildman–Crippen LogP) is 0.750. The third-order valence-corrected chi connectivity index (χ3v) is 3.54. The van der Waals surface area contributed by atoms with Gasteiger partial charge in [-0.25, -0.2) is 0 Å². The normalized spacial score (nSPS) is 19.3. The average Bonchev–Trinajstić information content (AvgIpc) is 2.46. The van der Waals surface area contributed by atoms with E-state index in [-0.39, 0.29) is 11.9 Å². The monoisotopic (exact) mass is 283 g/mol. The third-order valence-electron chi connectivity index (χ3n) is 3.23. The maximum absolute atomic E-state index is 11.9. The molecule has 0 radical (unpaired) electrons. The molecule has 0 aliphatic carbocycles. The minimum atomic E-state index is -0.347. The first-order chi connectivity index (χ1) is 9.17. The van der Waals surface area contributed by atoms with Crippen molar-refractivity contribution in [1.82, 2.24) is 5.32 Å². The number of nitrogens with one attached hydrogen (secondary N) is 1. The van der Waals surface area contributed by atoms with Crippen molar-refractivity contribution in [3.05, 3.63) is 28.8 Å². The Hall–Kier alpha value is -1.30. The number of halogens is 1. The van der Waals surface area contributed by atoms with Gasteiger partial charge in [0.2, 0.25) is 5.91 Å². The molecule has 0 spiro atoms. The Morgan fingerprint density at radius 2 is 2.42 bits per heavy atom. The summed E-state index contributed by atoms with van der Waals surface area (Å²) in [6.07, 6.45) is 0. The summed E-state index contributed by atoms with van der Waals surface area (Å²) in [6.45, 7) is 2.04. The molecule has 1 aromatic rings. The van der Waals surface area contributed by atoms with E-state index < -0.39 is 0 Å². The van der Waals surface area contributed by atoms with Gasteiger partial charge in [0, 0.05) is 20.1 Å². The van der Waals surface area contributed by atoms with Crippen LogP contribution in [0.25, 0.3) is 0 Å². The molecule has 1 aliphatic heterocycles. The van der Waals surface area contributed by atoms with Gasteiger partial charge in [-0.3, -0.25) is 4.79 Å². The average molecular weight is 284 g/mol. The summed E-state index contributed by atoms with van der Waals surface area (Å²) in [5, 5.41) is 3.26. The Balaban J connectivity index is 2.29. The molecular formula is C13H18ClN3O2. The van der Waals surface area contributed by atoms with Crippen LogP contribution in [-0.4, -0.2) is 38.8 Å². The molecule has 0 aromatic heterocycles. The molecule has 1 aromatic carbocycles. The molecule has 3 N–H and O–H groups in total. The molecule has 1 amide bonds. The lowest BCUT2D eigenvalue weighted by molar-refractivity contribution is -0.124. The molecule has 5 nitrogen and oxygen atoms in total. The van der Waals surface area contributed by atoms with E-state index in [1.807, 2.05) is 23.1 Å². The Bertz CT molecular complexity index is 467. The Labute approximate surface area is 117 Å². The lowest BCUT2D eigenvalue weighted by Gasteiger charge is -2.36. The van der Waals surface area contributed by atoms with E-state index >= 15 is 0 Å². The second-order valence-electron chi connectivity index (χ2n) is 4.39. The smallest absolute Gasteiger partial charge is 0.244 e. The van der Waals surface area contributed by atoms with Crippen LogP contribution in [0.2, 0.25) is 5.02 Å². The van der Waals surface area contributed by atoms with Crippen molar-refractivity contribution in [2.45, 2.75) is 12.6 Å². The van der Waals surface area contributed by atoms with Gasteiger partial charge < -0.3 is 20.7 Å². The predicted molar refractivity (Wildman–Crippen MR) is 75.4 cm³/mol. The Morgan fingerprint density at radius 3 is 3.05 bits per heavy atom. The van der Waals surface area contributed by atoms with Crippen LogP contribution in [-0.2, 0) is 16.1 Å². The SMILES string of the molecule is CNC(=O)C1COCCN1c1ccc(CN)cc1Cl. The first kappa shape index (κ1) is 14.1. The van der Waals surface area contributed by atoms with Crippen molar-refractivity contribution in [3.63, 3.8) is 0 Å². The van der Waals surface area contributed by atoms with Crippen molar-refractivity contribution in [2.24, 2.45) is 5.73 Å². The van der Waals surface area contributed by atoms with E-state index in [1.165, 1.54) is 0 Å². The van der Waals surface area contributed by atoms with Gasteiger partial charge in [-0.05, 0) is 17.7 Å². The highest BCUT2D eigenvalue weighted by Gasteiger charge is 2.30. The summed E-state index contributed by atoms with van der Waals surface area (Å²) in [6, 6.07) is 5.33. The van der Waals surface area contributed by atoms with Crippen molar-refractivity contribution in [2.75, 3.05) is 31.7 Å². The quantitative estimate of drug-likeness (QED) is 0.859. The zero-order valence-corrected chi connectivity index (χ0v) is 11.6. The lowest BCUT2D eigenvalue weighted by atomic mass is 10.1. The molecule has 1 heterocycles. The highest BCUT2D eigenvalue weighted by molar-refractivity contribution is 6.33. The van der Waals surface area contributed by atoms with Gasteiger partial charge in [-0.1, -0.05) is 17.7 Å².